The Kier molecular flexibility index (Phi) is 4.60. The number of nitriles is 1. The van der Waals surface area contributed by atoms with Crippen molar-refractivity contribution in [3.63, 3.8) is 0 Å². The Morgan fingerprint density at radius 2 is 2.12 bits per heavy atom. The molecule has 1 aliphatic rings. The van der Waals surface area contributed by atoms with Gasteiger partial charge < -0.3 is 0 Å². The molecule has 5 heteroatoms. The molecule has 1 aliphatic carbocycles. The number of hydrogen-bond acceptors (Lipinski definition) is 2. The van der Waals surface area contributed by atoms with Crippen molar-refractivity contribution in [3.8, 4) is 6.07 Å². The molecule has 3 atom stereocenters. The van der Waals surface area contributed by atoms with Crippen molar-refractivity contribution in [1.29, 1.82) is 5.26 Å². The van der Waals surface area contributed by atoms with Gasteiger partial charge in [-0.15, -0.1) is 0 Å². The van der Waals surface area contributed by atoms with Crippen molar-refractivity contribution in [1.82, 2.24) is 5.32 Å². The average molecular weight is 234 g/mol. The Morgan fingerprint density at radius 3 is 2.62 bits per heavy atom. The first-order chi connectivity index (χ1) is 7.42. The topological polar surface area (TPSA) is 35.8 Å². The van der Waals surface area contributed by atoms with Crippen LogP contribution in [0.25, 0.3) is 0 Å². The molecule has 1 saturated carbocycles. The summed E-state index contributed by atoms with van der Waals surface area (Å²) in [6.07, 6.45) is -0.405. The van der Waals surface area contributed by atoms with Crippen LogP contribution in [-0.4, -0.2) is 18.8 Å². The van der Waals surface area contributed by atoms with Crippen molar-refractivity contribution >= 4 is 0 Å². The summed E-state index contributed by atoms with van der Waals surface area (Å²) in [5, 5.41) is 11.2. The summed E-state index contributed by atoms with van der Waals surface area (Å²) in [5.41, 5.74) is 0. The highest BCUT2D eigenvalue weighted by Crippen LogP contribution is 2.30. The Bertz CT molecular complexity index is 257. The average Bonchev–Trinajstić information content (AvgIpc) is 2.17. The highest BCUT2D eigenvalue weighted by molar-refractivity contribution is 4.96. The van der Waals surface area contributed by atoms with Crippen LogP contribution in [-0.2, 0) is 0 Å². The minimum Gasteiger partial charge on any atom is -0.293 e. The van der Waals surface area contributed by atoms with Crippen molar-refractivity contribution in [3.05, 3.63) is 0 Å². The van der Waals surface area contributed by atoms with Gasteiger partial charge in [-0.1, -0.05) is 19.8 Å². The molecule has 92 valence electrons. The Labute approximate surface area is 93.8 Å². The van der Waals surface area contributed by atoms with E-state index in [1.165, 1.54) is 0 Å². The van der Waals surface area contributed by atoms with Gasteiger partial charge in [0.25, 0.3) is 0 Å². The van der Waals surface area contributed by atoms with Crippen LogP contribution in [0.2, 0.25) is 0 Å². The smallest absolute Gasteiger partial charge is 0.293 e. The lowest BCUT2D eigenvalue weighted by atomic mass is 9.79. The molecule has 0 spiro atoms. The molecule has 0 amide bonds. The van der Waals surface area contributed by atoms with Gasteiger partial charge in [-0.05, 0) is 24.7 Å². The first-order valence-corrected chi connectivity index (χ1v) is 5.62. The zero-order chi connectivity index (χ0) is 12.2. The Morgan fingerprint density at radius 1 is 1.44 bits per heavy atom. The summed E-state index contributed by atoms with van der Waals surface area (Å²) in [7, 11) is 0. The predicted octanol–water partition coefficient (Wildman–Crippen LogP) is 2.86. The lowest BCUT2D eigenvalue weighted by Crippen LogP contribution is -2.42. The molecule has 1 fully saturated rings. The molecule has 0 aromatic rings. The highest BCUT2D eigenvalue weighted by Gasteiger charge is 2.32. The van der Waals surface area contributed by atoms with Gasteiger partial charge in [-0.3, -0.25) is 5.32 Å². The van der Waals surface area contributed by atoms with Gasteiger partial charge in [0, 0.05) is 0 Å². The van der Waals surface area contributed by atoms with Crippen LogP contribution in [0.4, 0.5) is 13.2 Å². The summed E-state index contributed by atoms with van der Waals surface area (Å²) in [5.74, 6) is 0.582. The van der Waals surface area contributed by atoms with Crippen molar-refractivity contribution in [2.75, 3.05) is 6.54 Å². The number of hydrogen-bond donors (Lipinski definition) is 1. The van der Waals surface area contributed by atoms with E-state index in [1.54, 1.807) is 0 Å². The Balaban J connectivity index is 2.44. The zero-order valence-electron chi connectivity index (χ0n) is 9.35. The number of halogens is 3. The molecule has 0 aliphatic heterocycles. The molecule has 3 unspecified atom stereocenters. The van der Waals surface area contributed by atoms with Gasteiger partial charge in [0.15, 0.2) is 0 Å². The van der Waals surface area contributed by atoms with Crippen molar-refractivity contribution in [2.45, 2.75) is 44.8 Å². The van der Waals surface area contributed by atoms with E-state index >= 15 is 0 Å². The van der Waals surface area contributed by atoms with Gasteiger partial charge >= 0.3 is 6.18 Å². The second kappa shape index (κ2) is 5.53. The van der Waals surface area contributed by atoms with Crippen LogP contribution in [0.1, 0.15) is 32.6 Å². The van der Waals surface area contributed by atoms with Gasteiger partial charge in [0.2, 0.25) is 0 Å². The molecule has 0 saturated heterocycles. The molecule has 0 radical (unpaired) electrons. The third-order valence-corrected chi connectivity index (χ3v) is 3.11. The zero-order valence-corrected chi connectivity index (χ0v) is 9.35. The molecular weight excluding hydrogens is 217 g/mol. The quantitative estimate of drug-likeness (QED) is 0.815. The monoisotopic (exact) mass is 234 g/mol. The molecule has 0 bridgehead atoms. The minimum absolute atomic E-state index is 0.0658. The van der Waals surface area contributed by atoms with E-state index in [0.29, 0.717) is 5.92 Å². The maximum Gasteiger partial charge on any atom is 0.401 e. The molecular formula is C11H17F3N2. The summed E-state index contributed by atoms with van der Waals surface area (Å²) in [6.45, 7) is 1.01. The van der Waals surface area contributed by atoms with E-state index in [1.807, 2.05) is 6.07 Å². The van der Waals surface area contributed by atoms with E-state index in [2.05, 4.69) is 12.2 Å². The third kappa shape index (κ3) is 4.40. The van der Waals surface area contributed by atoms with Crippen LogP contribution < -0.4 is 5.32 Å². The lowest BCUT2D eigenvalue weighted by molar-refractivity contribution is -0.126. The Hall–Kier alpha value is -0.760. The molecule has 0 heterocycles. The fourth-order valence-electron chi connectivity index (χ4n) is 2.33. The maximum atomic E-state index is 12.0. The van der Waals surface area contributed by atoms with E-state index in [-0.39, 0.29) is 5.92 Å². The standard InChI is InChI=1S/C11H17F3N2/c1-8-3-2-4-9(5-8)10(6-15)16-7-11(12,13)14/h8-10,16H,2-5,7H2,1H3. The first kappa shape index (κ1) is 13.3. The molecule has 0 aromatic heterocycles. The van der Waals surface area contributed by atoms with Gasteiger partial charge in [-0.25, -0.2) is 0 Å². The summed E-state index contributed by atoms with van der Waals surface area (Å²) in [4.78, 5) is 0. The van der Waals surface area contributed by atoms with Crippen LogP contribution >= 0.6 is 0 Å². The summed E-state index contributed by atoms with van der Waals surface area (Å²) < 4.78 is 36.1. The van der Waals surface area contributed by atoms with Crippen LogP contribution in [0.15, 0.2) is 0 Å². The van der Waals surface area contributed by atoms with E-state index in [4.69, 9.17) is 5.26 Å². The highest BCUT2D eigenvalue weighted by atomic mass is 19.4. The van der Waals surface area contributed by atoms with Crippen LogP contribution in [0.3, 0.4) is 0 Å². The predicted molar refractivity (Wildman–Crippen MR) is 54.6 cm³/mol. The van der Waals surface area contributed by atoms with Crippen molar-refractivity contribution in [2.24, 2.45) is 11.8 Å². The van der Waals surface area contributed by atoms with Gasteiger partial charge in [-0.2, -0.15) is 18.4 Å². The number of alkyl halides is 3. The lowest BCUT2D eigenvalue weighted by Gasteiger charge is -2.30. The van der Waals surface area contributed by atoms with Gasteiger partial charge in [0.1, 0.15) is 0 Å². The maximum absolute atomic E-state index is 12.0. The van der Waals surface area contributed by atoms with Gasteiger partial charge in [0.05, 0.1) is 18.7 Å². The fourth-order valence-corrected chi connectivity index (χ4v) is 2.33. The number of nitrogens with one attached hydrogen (secondary N) is 1. The first-order valence-electron chi connectivity index (χ1n) is 5.62. The molecule has 16 heavy (non-hydrogen) atoms. The minimum atomic E-state index is -4.24. The summed E-state index contributed by atoms with van der Waals surface area (Å²) in [6, 6.07) is 1.29. The third-order valence-electron chi connectivity index (χ3n) is 3.11. The molecule has 2 nitrogen and oxygen atoms in total. The SMILES string of the molecule is CC1CCCC(C(C#N)NCC(F)(F)F)C1. The second-order valence-electron chi connectivity index (χ2n) is 4.63. The molecule has 1 N–H and O–H groups in total. The van der Waals surface area contributed by atoms with Crippen molar-refractivity contribution < 1.29 is 13.2 Å². The van der Waals surface area contributed by atoms with Crippen LogP contribution in [0, 0.1) is 23.2 Å². The van der Waals surface area contributed by atoms with Crippen LogP contribution in [0.5, 0.6) is 0 Å². The normalized spacial score (nSPS) is 28.4. The fraction of sp³-hybridized carbons (Fsp3) is 0.909. The number of rotatable bonds is 3. The number of nitrogens with zero attached hydrogens (tertiary/aromatic N) is 1. The summed E-state index contributed by atoms with van der Waals surface area (Å²) >= 11 is 0. The molecule has 0 aromatic carbocycles. The second-order valence-corrected chi connectivity index (χ2v) is 4.63. The van der Waals surface area contributed by atoms with E-state index in [9.17, 15) is 13.2 Å². The molecule has 1 rings (SSSR count). The van der Waals surface area contributed by atoms with E-state index in [0.717, 1.165) is 25.7 Å². The largest absolute Gasteiger partial charge is 0.401 e. The van der Waals surface area contributed by atoms with E-state index < -0.39 is 18.8 Å².